The van der Waals surface area contributed by atoms with E-state index in [1.165, 1.54) is 24.8 Å². The molecule has 0 radical (unpaired) electrons. The predicted molar refractivity (Wildman–Crippen MR) is 78.8 cm³/mol. The molecule has 8 heteroatoms. The molecule has 0 atom stereocenters. The first-order valence-corrected chi connectivity index (χ1v) is 6.77. The van der Waals surface area contributed by atoms with Gasteiger partial charge in [0.15, 0.2) is 0 Å². The first kappa shape index (κ1) is 13.3. The average Bonchev–Trinajstić information content (AvgIpc) is 2.54. The van der Waals surface area contributed by atoms with E-state index in [-0.39, 0.29) is 28.6 Å². The van der Waals surface area contributed by atoms with Crippen LogP contribution < -0.4 is 15.9 Å². The summed E-state index contributed by atoms with van der Waals surface area (Å²) in [5, 5.41) is 9.47. The fraction of sp³-hybridized carbons (Fsp3) is 0.0667. The van der Waals surface area contributed by atoms with Crippen LogP contribution in [-0.2, 0) is 0 Å². The minimum Gasteiger partial charge on any atom is -0.508 e. The van der Waals surface area contributed by atoms with Crippen LogP contribution in [-0.4, -0.2) is 25.0 Å². The summed E-state index contributed by atoms with van der Waals surface area (Å²) in [5.74, 6) is -0.388. The van der Waals surface area contributed by atoms with Crippen molar-refractivity contribution in [2.75, 3.05) is 0 Å². The highest BCUT2D eigenvalue weighted by Crippen LogP contribution is 2.41. The van der Waals surface area contributed by atoms with Gasteiger partial charge in [-0.25, -0.2) is 9.97 Å². The van der Waals surface area contributed by atoms with E-state index in [1.54, 1.807) is 12.1 Å². The van der Waals surface area contributed by atoms with Crippen molar-refractivity contribution in [2.45, 2.75) is 5.92 Å². The molecule has 2 aromatic heterocycles. The number of aromatic amines is 2. The summed E-state index contributed by atoms with van der Waals surface area (Å²) in [6.45, 7) is 0. The number of nitrogens with zero attached hydrogens (tertiary/aromatic N) is 2. The summed E-state index contributed by atoms with van der Waals surface area (Å²) in [5.41, 5.74) is 0.294. The molecular formula is C15H10N4O4. The molecule has 0 spiro atoms. The van der Waals surface area contributed by atoms with Gasteiger partial charge in [0.2, 0.25) is 11.8 Å². The van der Waals surface area contributed by atoms with Gasteiger partial charge in [-0.2, -0.15) is 0 Å². The van der Waals surface area contributed by atoms with E-state index in [2.05, 4.69) is 19.9 Å². The molecule has 0 bridgehead atoms. The molecule has 3 heterocycles. The van der Waals surface area contributed by atoms with Crippen LogP contribution in [0, 0.1) is 0 Å². The summed E-state index contributed by atoms with van der Waals surface area (Å²) in [6.07, 6.45) is 2.46. The van der Waals surface area contributed by atoms with Crippen LogP contribution >= 0.6 is 0 Å². The van der Waals surface area contributed by atoms with Crippen LogP contribution in [0.3, 0.4) is 0 Å². The lowest BCUT2D eigenvalue weighted by Gasteiger charge is -2.24. The number of fused-ring (bicyclic) bond motifs is 2. The number of H-pyrrole nitrogens is 2. The Morgan fingerprint density at radius 1 is 0.913 bits per heavy atom. The van der Waals surface area contributed by atoms with Gasteiger partial charge in [-0.05, 0) is 17.7 Å². The number of hydrogen-bond acceptors (Lipinski definition) is 6. The van der Waals surface area contributed by atoms with Gasteiger partial charge >= 0.3 is 0 Å². The van der Waals surface area contributed by atoms with Crippen LogP contribution in [0.25, 0.3) is 0 Å². The van der Waals surface area contributed by atoms with E-state index < -0.39 is 17.0 Å². The van der Waals surface area contributed by atoms with Gasteiger partial charge in [0, 0.05) is 0 Å². The number of nitrogens with one attached hydrogen (secondary N) is 2. The number of rotatable bonds is 1. The topological polar surface area (TPSA) is 121 Å². The smallest absolute Gasteiger partial charge is 0.258 e. The van der Waals surface area contributed by atoms with Gasteiger partial charge in [0.25, 0.3) is 11.1 Å². The second-order valence-electron chi connectivity index (χ2n) is 5.03. The Kier molecular flexibility index (Phi) is 2.77. The summed E-state index contributed by atoms with van der Waals surface area (Å²) >= 11 is 0. The van der Waals surface area contributed by atoms with Gasteiger partial charge in [-0.15, -0.1) is 0 Å². The molecular weight excluding hydrogens is 300 g/mol. The first-order valence-electron chi connectivity index (χ1n) is 6.77. The molecule has 0 aliphatic carbocycles. The molecule has 0 saturated carbocycles. The first-order chi connectivity index (χ1) is 11.1. The number of aromatic hydroxyl groups is 1. The number of aromatic nitrogens is 4. The Labute approximate surface area is 128 Å². The molecule has 3 N–H and O–H groups in total. The third kappa shape index (κ3) is 2.00. The van der Waals surface area contributed by atoms with Crippen LogP contribution in [0.5, 0.6) is 17.5 Å². The average molecular weight is 310 g/mol. The maximum Gasteiger partial charge on any atom is 0.258 e. The van der Waals surface area contributed by atoms with Crippen molar-refractivity contribution in [1.29, 1.82) is 0 Å². The standard InChI is InChI=1S/C15H10N4O4/c20-8-3-1-7(2-4-8)9-10-12(21)16-5-18-14(10)23-15-11(9)13(22)17-6-19-15/h1-6,9,20H,(H,16,18,21)(H,17,19,22). The predicted octanol–water partition coefficient (Wildman–Crippen LogP) is 0.845. The van der Waals surface area contributed by atoms with Crippen LogP contribution in [0.2, 0.25) is 0 Å². The highest BCUT2D eigenvalue weighted by molar-refractivity contribution is 5.52. The number of ether oxygens (including phenoxy) is 1. The Morgan fingerprint density at radius 2 is 1.43 bits per heavy atom. The number of benzene rings is 1. The van der Waals surface area contributed by atoms with E-state index >= 15 is 0 Å². The van der Waals surface area contributed by atoms with Gasteiger partial charge < -0.3 is 19.8 Å². The van der Waals surface area contributed by atoms with Crippen molar-refractivity contribution in [3.8, 4) is 17.5 Å². The third-order valence-corrected chi connectivity index (χ3v) is 3.70. The monoisotopic (exact) mass is 310 g/mol. The van der Waals surface area contributed by atoms with Crippen molar-refractivity contribution in [2.24, 2.45) is 0 Å². The molecule has 0 unspecified atom stereocenters. The molecule has 114 valence electrons. The number of hydrogen-bond donors (Lipinski definition) is 3. The third-order valence-electron chi connectivity index (χ3n) is 3.70. The minimum absolute atomic E-state index is 0.0847. The van der Waals surface area contributed by atoms with Crippen molar-refractivity contribution < 1.29 is 9.84 Å². The minimum atomic E-state index is -0.691. The van der Waals surface area contributed by atoms with E-state index in [4.69, 9.17) is 4.74 Å². The fourth-order valence-corrected chi connectivity index (χ4v) is 2.70. The van der Waals surface area contributed by atoms with Crippen LogP contribution in [0.4, 0.5) is 0 Å². The molecule has 0 fully saturated rings. The van der Waals surface area contributed by atoms with Gasteiger partial charge in [-0.3, -0.25) is 9.59 Å². The lowest BCUT2D eigenvalue weighted by atomic mass is 9.86. The Balaban J connectivity index is 2.06. The maximum atomic E-state index is 12.3. The van der Waals surface area contributed by atoms with Gasteiger partial charge in [0.05, 0.1) is 29.7 Å². The lowest BCUT2D eigenvalue weighted by molar-refractivity contribution is 0.409. The zero-order valence-corrected chi connectivity index (χ0v) is 11.6. The highest BCUT2D eigenvalue weighted by Gasteiger charge is 2.35. The Hall–Kier alpha value is -3.42. The van der Waals surface area contributed by atoms with E-state index in [9.17, 15) is 14.7 Å². The van der Waals surface area contributed by atoms with Crippen molar-refractivity contribution in [3.63, 3.8) is 0 Å². The summed E-state index contributed by atoms with van der Waals surface area (Å²) in [4.78, 5) is 37.6. The van der Waals surface area contributed by atoms with Crippen molar-refractivity contribution in [1.82, 2.24) is 19.9 Å². The van der Waals surface area contributed by atoms with Gasteiger partial charge in [-0.1, -0.05) is 12.1 Å². The highest BCUT2D eigenvalue weighted by atomic mass is 16.5. The van der Waals surface area contributed by atoms with E-state index in [0.29, 0.717) is 5.56 Å². The molecule has 23 heavy (non-hydrogen) atoms. The molecule has 4 rings (SSSR count). The van der Waals surface area contributed by atoms with Gasteiger partial charge in [0.1, 0.15) is 5.75 Å². The number of phenols is 1. The second kappa shape index (κ2) is 4.80. The molecule has 1 aromatic carbocycles. The largest absolute Gasteiger partial charge is 0.508 e. The van der Waals surface area contributed by atoms with Crippen molar-refractivity contribution >= 4 is 0 Å². The number of phenolic OH excluding ortho intramolecular Hbond substituents is 1. The summed E-state index contributed by atoms with van der Waals surface area (Å²) in [7, 11) is 0. The summed E-state index contributed by atoms with van der Waals surface area (Å²) in [6, 6.07) is 6.24. The lowest BCUT2D eigenvalue weighted by Crippen LogP contribution is -2.29. The van der Waals surface area contributed by atoms with E-state index in [0.717, 1.165) is 0 Å². The molecule has 0 amide bonds. The molecule has 8 nitrogen and oxygen atoms in total. The fourth-order valence-electron chi connectivity index (χ4n) is 2.70. The van der Waals surface area contributed by atoms with Crippen LogP contribution in [0.1, 0.15) is 22.6 Å². The second-order valence-corrected chi connectivity index (χ2v) is 5.03. The quantitative estimate of drug-likeness (QED) is 0.479. The van der Waals surface area contributed by atoms with Crippen molar-refractivity contribution in [3.05, 3.63) is 74.3 Å². The molecule has 1 aliphatic heterocycles. The Bertz CT molecular complexity index is 947. The maximum absolute atomic E-state index is 12.3. The molecule has 1 aliphatic rings. The summed E-state index contributed by atoms with van der Waals surface area (Å²) < 4.78 is 5.50. The van der Waals surface area contributed by atoms with E-state index in [1.807, 2.05) is 0 Å². The molecule has 3 aromatic rings. The zero-order valence-electron chi connectivity index (χ0n) is 11.6. The molecule has 0 saturated heterocycles. The normalized spacial score (nSPS) is 13.0. The Morgan fingerprint density at radius 3 is 1.96 bits per heavy atom. The SMILES string of the molecule is O=c1[nH]cnc2c1C(c1ccc(O)cc1)c1c(nc[nH]c1=O)O2. The van der Waals surface area contributed by atoms with Crippen LogP contribution in [0.15, 0.2) is 46.5 Å². The zero-order chi connectivity index (χ0) is 16.0.